The monoisotopic (exact) mass is 187 g/mol. The molecule has 1 fully saturated rings. The molecule has 1 aliphatic rings. The number of anilines is 1. The third kappa shape index (κ3) is 1.69. The molecule has 3 nitrogen and oxygen atoms in total. The maximum absolute atomic E-state index is 6.89. The molecular weight excluding hydrogens is 174 g/mol. The van der Waals surface area contributed by atoms with Gasteiger partial charge in [0.2, 0.25) is 6.54 Å². The molecule has 3 heteroatoms. The minimum Gasteiger partial charge on any atom is -0.356 e. The van der Waals surface area contributed by atoms with Gasteiger partial charge in [-0.1, -0.05) is 0 Å². The van der Waals surface area contributed by atoms with Gasteiger partial charge in [0.1, 0.15) is 5.82 Å². The Morgan fingerprint density at radius 1 is 1.43 bits per heavy atom. The Morgan fingerprint density at radius 3 is 2.93 bits per heavy atom. The Hall–Kier alpha value is -1.56. The molecule has 0 atom stereocenters. The second-order valence-corrected chi connectivity index (χ2v) is 3.50. The molecule has 0 radical (unpaired) electrons. The predicted molar refractivity (Wildman–Crippen MR) is 56.0 cm³/mol. The maximum atomic E-state index is 6.89. The molecule has 0 amide bonds. The zero-order valence-corrected chi connectivity index (χ0v) is 8.11. The van der Waals surface area contributed by atoms with E-state index in [-0.39, 0.29) is 0 Å². The van der Waals surface area contributed by atoms with Crippen LogP contribution >= 0.6 is 0 Å². The van der Waals surface area contributed by atoms with Crippen LogP contribution in [0.1, 0.15) is 18.4 Å². The number of pyridine rings is 1. The molecule has 72 valence electrons. The van der Waals surface area contributed by atoms with Gasteiger partial charge in [0.25, 0.3) is 0 Å². The van der Waals surface area contributed by atoms with Crippen molar-refractivity contribution < 1.29 is 0 Å². The second kappa shape index (κ2) is 4.10. The summed E-state index contributed by atoms with van der Waals surface area (Å²) in [7, 11) is 0. The van der Waals surface area contributed by atoms with Crippen LogP contribution in [0.3, 0.4) is 0 Å². The van der Waals surface area contributed by atoms with E-state index >= 15 is 0 Å². The van der Waals surface area contributed by atoms with Gasteiger partial charge in [0.05, 0.1) is 5.56 Å². The van der Waals surface area contributed by atoms with Crippen molar-refractivity contribution in [2.75, 3.05) is 18.0 Å². The van der Waals surface area contributed by atoms with Gasteiger partial charge in [-0.05, 0) is 25.0 Å². The zero-order chi connectivity index (χ0) is 9.80. The van der Waals surface area contributed by atoms with Crippen LogP contribution < -0.4 is 4.90 Å². The fraction of sp³-hybridized carbons (Fsp3) is 0.455. The summed E-state index contributed by atoms with van der Waals surface area (Å²) in [6.07, 6.45) is 4.29. The minimum atomic E-state index is 0.444. The van der Waals surface area contributed by atoms with Crippen LogP contribution in [-0.2, 0) is 6.54 Å². The van der Waals surface area contributed by atoms with Crippen LogP contribution in [0.4, 0.5) is 5.82 Å². The van der Waals surface area contributed by atoms with E-state index < -0.39 is 0 Å². The normalized spacial score (nSPS) is 15.5. The average Bonchev–Trinajstić information content (AvgIpc) is 2.72. The molecule has 0 saturated carbocycles. The molecule has 14 heavy (non-hydrogen) atoms. The van der Waals surface area contributed by atoms with Gasteiger partial charge in [0.15, 0.2) is 0 Å². The van der Waals surface area contributed by atoms with Crippen LogP contribution in [0.2, 0.25) is 0 Å². The van der Waals surface area contributed by atoms with Crippen molar-refractivity contribution in [3.63, 3.8) is 0 Å². The minimum absolute atomic E-state index is 0.444. The lowest BCUT2D eigenvalue weighted by Crippen LogP contribution is -2.20. The van der Waals surface area contributed by atoms with Gasteiger partial charge in [-0.15, -0.1) is 0 Å². The van der Waals surface area contributed by atoms with E-state index in [2.05, 4.69) is 14.7 Å². The molecule has 2 heterocycles. The summed E-state index contributed by atoms with van der Waals surface area (Å²) in [6, 6.07) is 3.90. The molecule has 1 saturated heterocycles. The average molecular weight is 187 g/mol. The van der Waals surface area contributed by atoms with Gasteiger partial charge in [-0.2, -0.15) is 0 Å². The van der Waals surface area contributed by atoms with Crippen molar-refractivity contribution in [1.82, 2.24) is 4.98 Å². The quantitative estimate of drug-likeness (QED) is 0.661. The highest BCUT2D eigenvalue weighted by molar-refractivity contribution is 5.47. The molecule has 0 N–H and O–H groups in total. The number of nitrogens with zero attached hydrogens (tertiary/aromatic N) is 3. The molecular formula is C11H13N3. The van der Waals surface area contributed by atoms with E-state index in [1.54, 1.807) is 6.20 Å². The first-order valence-corrected chi connectivity index (χ1v) is 4.94. The van der Waals surface area contributed by atoms with Gasteiger partial charge in [-0.25, -0.2) is 11.6 Å². The molecule has 2 rings (SSSR count). The van der Waals surface area contributed by atoms with E-state index in [1.165, 1.54) is 12.8 Å². The van der Waals surface area contributed by atoms with E-state index in [1.807, 2.05) is 12.1 Å². The third-order valence-electron chi connectivity index (χ3n) is 2.52. The first-order chi connectivity index (χ1) is 6.92. The van der Waals surface area contributed by atoms with E-state index in [0.717, 1.165) is 24.5 Å². The molecule has 0 aromatic carbocycles. The van der Waals surface area contributed by atoms with E-state index in [4.69, 9.17) is 6.57 Å². The lowest BCUT2D eigenvalue weighted by molar-refractivity contribution is 0.921. The summed E-state index contributed by atoms with van der Waals surface area (Å²) < 4.78 is 0. The fourth-order valence-electron chi connectivity index (χ4n) is 1.85. The van der Waals surface area contributed by atoms with Crippen LogP contribution in [0.15, 0.2) is 18.3 Å². The highest BCUT2D eigenvalue weighted by Crippen LogP contribution is 2.22. The van der Waals surface area contributed by atoms with Crippen molar-refractivity contribution >= 4 is 5.82 Å². The highest BCUT2D eigenvalue weighted by atomic mass is 15.2. The largest absolute Gasteiger partial charge is 0.356 e. The SMILES string of the molecule is [C-]#[N+]Cc1cccnc1N1CCCC1. The van der Waals surface area contributed by atoms with Gasteiger partial charge < -0.3 is 9.74 Å². The smallest absolute Gasteiger partial charge is 0.243 e. The summed E-state index contributed by atoms with van der Waals surface area (Å²) in [4.78, 5) is 10.1. The standard InChI is InChI=1S/C11H13N3/c1-12-9-10-5-4-6-13-11(10)14-7-2-3-8-14/h4-6H,2-3,7-9H2. The van der Waals surface area contributed by atoms with Crippen LogP contribution in [-0.4, -0.2) is 18.1 Å². The molecule has 1 aliphatic heterocycles. The Balaban J connectivity index is 2.26. The first kappa shape index (κ1) is 9.01. The Kier molecular flexibility index (Phi) is 2.64. The third-order valence-corrected chi connectivity index (χ3v) is 2.52. The van der Waals surface area contributed by atoms with E-state index in [9.17, 15) is 0 Å². The van der Waals surface area contributed by atoms with Crippen molar-refractivity contribution in [3.05, 3.63) is 35.3 Å². The Bertz CT molecular complexity index is 348. The fourth-order valence-corrected chi connectivity index (χ4v) is 1.85. The Morgan fingerprint density at radius 2 is 2.21 bits per heavy atom. The molecule has 0 unspecified atom stereocenters. The molecule has 0 spiro atoms. The highest BCUT2D eigenvalue weighted by Gasteiger charge is 2.17. The van der Waals surface area contributed by atoms with Crippen LogP contribution in [0.5, 0.6) is 0 Å². The molecule has 0 bridgehead atoms. The molecule has 1 aromatic rings. The number of rotatable bonds is 2. The summed E-state index contributed by atoms with van der Waals surface area (Å²) in [6.45, 7) is 9.50. The van der Waals surface area contributed by atoms with Crippen molar-refractivity contribution in [2.24, 2.45) is 0 Å². The molecule has 1 aromatic heterocycles. The summed E-state index contributed by atoms with van der Waals surface area (Å²) in [5.74, 6) is 1.01. The number of aromatic nitrogens is 1. The van der Waals surface area contributed by atoms with Crippen molar-refractivity contribution in [3.8, 4) is 0 Å². The van der Waals surface area contributed by atoms with E-state index in [0.29, 0.717) is 6.54 Å². The first-order valence-electron chi connectivity index (χ1n) is 4.94. The van der Waals surface area contributed by atoms with Crippen molar-refractivity contribution in [1.29, 1.82) is 0 Å². The predicted octanol–water partition coefficient (Wildman–Crippen LogP) is 2.10. The maximum Gasteiger partial charge on any atom is 0.243 e. The lowest BCUT2D eigenvalue weighted by Gasteiger charge is -2.17. The van der Waals surface area contributed by atoms with Gasteiger partial charge in [-0.3, -0.25) is 0 Å². The van der Waals surface area contributed by atoms with Gasteiger partial charge >= 0.3 is 0 Å². The zero-order valence-electron chi connectivity index (χ0n) is 8.11. The van der Waals surface area contributed by atoms with Crippen LogP contribution in [0.25, 0.3) is 4.85 Å². The second-order valence-electron chi connectivity index (χ2n) is 3.50. The van der Waals surface area contributed by atoms with Crippen molar-refractivity contribution in [2.45, 2.75) is 19.4 Å². The topological polar surface area (TPSA) is 20.5 Å². The molecule has 0 aliphatic carbocycles. The lowest BCUT2D eigenvalue weighted by atomic mass is 10.2. The number of hydrogen-bond donors (Lipinski definition) is 0. The summed E-state index contributed by atoms with van der Waals surface area (Å²) in [5.41, 5.74) is 1.06. The summed E-state index contributed by atoms with van der Waals surface area (Å²) >= 11 is 0. The van der Waals surface area contributed by atoms with Gasteiger partial charge in [0, 0.05) is 19.3 Å². The Labute approximate surface area is 84.2 Å². The summed E-state index contributed by atoms with van der Waals surface area (Å²) in [5, 5.41) is 0. The van der Waals surface area contributed by atoms with Crippen LogP contribution in [0, 0.1) is 6.57 Å². The number of hydrogen-bond acceptors (Lipinski definition) is 2.